The maximum atomic E-state index is 10.5. The largest absolute Gasteiger partial charge is 0.469 e. The Morgan fingerprint density at radius 1 is 0.719 bits per heavy atom. The summed E-state index contributed by atoms with van der Waals surface area (Å²) >= 11 is 0. The van der Waals surface area contributed by atoms with Crippen LogP contribution in [0.25, 0.3) is 0 Å². The van der Waals surface area contributed by atoms with Crippen LogP contribution in [0, 0.1) is 17.8 Å². The SMILES string of the molecule is CC1C(O)CC(COP(=O)(O)O)C(O)C1O.NC1C(O)CC(COP(=O)(O)O)C(O)C1O. The van der Waals surface area contributed by atoms with E-state index in [1.807, 2.05) is 0 Å². The Bertz CT molecular complexity index is 617. The summed E-state index contributed by atoms with van der Waals surface area (Å²) in [4.78, 5) is 34.0. The molecule has 2 saturated carbocycles. The number of hydrogen-bond acceptors (Lipinski definition) is 11. The molecule has 17 heteroatoms. The van der Waals surface area contributed by atoms with E-state index in [0.29, 0.717) is 0 Å². The summed E-state index contributed by atoms with van der Waals surface area (Å²) in [5.41, 5.74) is 5.40. The third-order valence-corrected chi connectivity index (χ3v) is 6.62. The number of nitrogens with two attached hydrogens (primary N) is 1. The van der Waals surface area contributed by atoms with Crippen molar-refractivity contribution < 1.29 is 68.4 Å². The normalized spacial score (nSPS) is 41.0. The molecule has 32 heavy (non-hydrogen) atoms. The second-order valence-electron chi connectivity index (χ2n) is 8.10. The van der Waals surface area contributed by atoms with E-state index in [0.717, 1.165) is 0 Å². The summed E-state index contributed by atoms with van der Waals surface area (Å²) in [5.74, 6) is -1.92. The molecule has 2 rings (SSSR count). The molecule has 10 atom stereocenters. The van der Waals surface area contributed by atoms with Gasteiger partial charge >= 0.3 is 15.6 Å². The Hall–Kier alpha value is -0.0600. The van der Waals surface area contributed by atoms with Gasteiger partial charge in [-0.05, 0) is 12.8 Å². The topological polar surface area (TPSA) is 281 Å². The van der Waals surface area contributed by atoms with Gasteiger partial charge in [0.1, 0.15) is 0 Å². The molecule has 0 aromatic heterocycles. The van der Waals surface area contributed by atoms with Crippen LogP contribution in [0.3, 0.4) is 0 Å². The summed E-state index contributed by atoms with van der Waals surface area (Å²) in [7, 11) is -9.21. The maximum absolute atomic E-state index is 10.5. The second-order valence-corrected chi connectivity index (χ2v) is 10.6. The van der Waals surface area contributed by atoms with E-state index in [9.17, 15) is 39.8 Å². The van der Waals surface area contributed by atoms with Gasteiger partial charge in [-0.25, -0.2) is 9.13 Å². The van der Waals surface area contributed by atoms with Crippen molar-refractivity contribution in [3.63, 3.8) is 0 Å². The first kappa shape index (κ1) is 30.0. The quantitative estimate of drug-likeness (QED) is 0.153. The average Bonchev–Trinajstić information content (AvgIpc) is 2.67. The lowest BCUT2D eigenvalue weighted by Crippen LogP contribution is -2.58. The molecule has 10 unspecified atom stereocenters. The zero-order valence-electron chi connectivity index (χ0n) is 17.2. The highest BCUT2D eigenvalue weighted by molar-refractivity contribution is 7.46. The van der Waals surface area contributed by atoms with Crippen molar-refractivity contribution in [1.29, 1.82) is 0 Å². The van der Waals surface area contributed by atoms with Crippen molar-refractivity contribution >= 4 is 15.6 Å². The minimum atomic E-state index is -4.62. The van der Waals surface area contributed by atoms with Crippen molar-refractivity contribution in [1.82, 2.24) is 0 Å². The number of hydrogen-bond donors (Lipinski definition) is 11. The van der Waals surface area contributed by atoms with Gasteiger partial charge in [-0.15, -0.1) is 0 Å². The summed E-state index contributed by atoms with van der Waals surface area (Å²) < 4.78 is 29.4. The molecule has 0 heterocycles. The number of phosphoric acid groups is 2. The van der Waals surface area contributed by atoms with Crippen molar-refractivity contribution in [3.05, 3.63) is 0 Å². The molecule has 2 aliphatic rings. The average molecular weight is 513 g/mol. The molecule has 0 amide bonds. The molecule has 0 aromatic rings. The first-order chi connectivity index (χ1) is 14.4. The third-order valence-electron chi connectivity index (χ3n) is 5.65. The molecule has 0 aliphatic heterocycles. The fraction of sp³-hybridized carbons (Fsp3) is 1.00. The van der Waals surface area contributed by atoms with Crippen LogP contribution >= 0.6 is 15.6 Å². The lowest BCUT2D eigenvalue weighted by molar-refractivity contribution is -0.126. The highest BCUT2D eigenvalue weighted by Gasteiger charge is 2.42. The molecule has 2 aliphatic carbocycles. The maximum Gasteiger partial charge on any atom is 0.469 e. The summed E-state index contributed by atoms with van der Waals surface area (Å²) in [6.45, 7) is 0.747. The second kappa shape index (κ2) is 12.1. The fourth-order valence-corrected chi connectivity index (χ4v) is 4.31. The first-order valence-corrected chi connectivity index (χ1v) is 12.7. The highest BCUT2D eigenvalue weighted by atomic mass is 31.2. The monoisotopic (exact) mass is 513 g/mol. The molecule has 0 aromatic carbocycles. The smallest absolute Gasteiger partial charge is 0.393 e. The standard InChI is InChI=1S/C8H17O7P.C7H16NO7P/c1-4-6(9)2-5(8(11)7(4)10)3-15-16(12,13)14;8-5-4(9)1-3(6(10)7(5)11)2-15-16(12,13)14/h4-11H,2-3H2,1H3,(H2,12,13,14);3-7,9-11H,1-2,8H2,(H2,12,13,14). The van der Waals surface area contributed by atoms with Crippen molar-refractivity contribution in [2.45, 2.75) is 62.4 Å². The summed E-state index contributed by atoms with van der Waals surface area (Å²) in [6, 6.07) is -0.971. The summed E-state index contributed by atoms with van der Waals surface area (Å²) in [6.07, 6.45) is -6.58. The predicted octanol–water partition coefficient (Wildman–Crippen LogP) is -3.64. The van der Waals surface area contributed by atoms with Crippen molar-refractivity contribution in [3.8, 4) is 0 Å². The molecule has 2 fully saturated rings. The predicted molar refractivity (Wildman–Crippen MR) is 105 cm³/mol. The zero-order chi connectivity index (χ0) is 25.0. The summed E-state index contributed by atoms with van der Waals surface area (Å²) in [5, 5.41) is 57.1. The zero-order valence-corrected chi connectivity index (χ0v) is 19.0. The van der Waals surface area contributed by atoms with Crippen LogP contribution < -0.4 is 5.73 Å². The van der Waals surface area contributed by atoms with Gasteiger partial charge in [0.05, 0.1) is 55.9 Å². The van der Waals surface area contributed by atoms with Gasteiger partial charge in [0.2, 0.25) is 0 Å². The third kappa shape index (κ3) is 9.29. The van der Waals surface area contributed by atoms with Crippen LogP contribution in [0.1, 0.15) is 19.8 Å². The molecule has 0 spiro atoms. The van der Waals surface area contributed by atoms with E-state index >= 15 is 0 Å². The number of aliphatic hydroxyl groups excluding tert-OH is 6. The van der Waals surface area contributed by atoms with Crippen LogP contribution in [-0.4, -0.2) is 106 Å². The first-order valence-electron chi connectivity index (χ1n) is 9.68. The minimum absolute atomic E-state index is 0.0133. The lowest BCUT2D eigenvalue weighted by atomic mass is 9.77. The Morgan fingerprint density at radius 3 is 1.50 bits per heavy atom. The van der Waals surface area contributed by atoms with Crippen LogP contribution in [-0.2, 0) is 18.2 Å². The molecule has 0 bridgehead atoms. The number of rotatable bonds is 6. The Morgan fingerprint density at radius 2 is 1.09 bits per heavy atom. The van der Waals surface area contributed by atoms with Gasteiger partial charge in [-0.3, -0.25) is 9.05 Å². The van der Waals surface area contributed by atoms with Gasteiger partial charge in [0.25, 0.3) is 0 Å². The van der Waals surface area contributed by atoms with Crippen LogP contribution in [0.2, 0.25) is 0 Å². The van der Waals surface area contributed by atoms with Crippen molar-refractivity contribution in [2.75, 3.05) is 13.2 Å². The van der Waals surface area contributed by atoms with Gasteiger partial charge < -0.3 is 55.9 Å². The molecular formula is C15H33NO14P2. The molecule has 0 saturated heterocycles. The number of aliphatic hydroxyl groups is 6. The van der Waals surface area contributed by atoms with E-state index in [4.69, 9.17) is 25.3 Å². The van der Waals surface area contributed by atoms with Crippen LogP contribution in [0.5, 0.6) is 0 Å². The molecule has 12 N–H and O–H groups in total. The van der Waals surface area contributed by atoms with Gasteiger partial charge in [0.15, 0.2) is 0 Å². The van der Waals surface area contributed by atoms with E-state index < -0.39 is 89.3 Å². The molecule has 0 radical (unpaired) electrons. The van der Waals surface area contributed by atoms with Gasteiger partial charge in [0, 0.05) is 17.8 Å². The number of phosphoric ester groups is 2. The van der Waals surface area contributed by atoms with Crippen molar-refractivity contribution in [2.24, 2.45) is 23.5 Å². The molecule has 15 nitrogen and oxygen atoms in total. The highest BCUT2D eigenvalue weighted by Crippen LogP contribution is 2.39. The minimum Gasteiger partial charge on any atom is -0.393 e. The molecule has 192 valence electrons. The van der Waals surface area contributed by atoms with E-state index in [2.05, 4.69) is 9.05 Å². The van der Waals surface area contributed by atoms with Gasteiger partial charge in [-0.2, -0.15) is 0 Å². The lowest BCUT2D eigenvalue weighted by Gasteiger charge is -2.39. The van der Waals surface area contributed by atoms with Crippen LogP contribution in [0.15, 0.2) is 0 Å². The fourth-order valence-electron chi connectivity index (χ4n) is 3.54. The van der Waals surface area contributed by atoms with Crippen LogP contribution in [0.4, 0.5) is 0 Å². The Kier molecular flexibility index (Phi) is 11.3. The van der Waals surface area contributed by atoms with E-state index in [-0.39, 0.29) is 12.8 Å². The molecular weight excluding hydrogens is 480 g/mol. The van der Waals surface area contributed by atoms with Gasteiger partial charge in [-0.1, -0.05) is 6.92 Å². The van der Waals surface area contributed by atoms with E-state index in [1.54, 1.807) is 6.92 Å². The Balaban J connectivity index is 0.000000320. The Labute approximate surface area is 183 Å². The van der Waals surface area contributed by atoms with E-state index in [1.165, 1.54) is 0 Å².